The van der Waals surface area contributed by atoms with Gasteiger partial charge in [0.25, 0.3) is 0 Å². The van der Waals surface area contributed by atoms with Crippen molar-refractivity contribution in [1.29, 1.82) is 0 Å². The average Bonchev–Trinajstić information content (AvgIpc) is 2.39. The van der Waals surface area contributed by atoms with Crippen LogP contribution in [0.3, 0.4) is 0 Å². The van der Waals surface area contributed by atoms with Gasteiger partial charge in [-0.05, 0) is 31.5 Å². The molecule has 0 saturated carbocycles. The third kappa shape index (κ3) is 4.11. The average molecular weight is 285 g/mol. The normalized spacial score (nSPS) is 10.4. The Morgan fingerprint density at radius 1 is 1.32 bits per heavy atom. The van der Waals surface area contributed by atoms with Crippen LogP contribution < -0.4 is 4.90 Å². The number of benzene rings is 1. The molecule has 0 spiro atoms. The standard InChI is InChI=1S/C14H21ClN2O2/c1-4-17(5-2)14(19)9-16(3)12-7-6-11(10-18)13(15)8-12/h6-8,18H,4-5,9-10H2,1-3H3. The number of hydrogen-bond donors (Lipinski definition) is 1. The summed E-state index contributed by atoms with van der Waals surface area (Å²) in [6, 6.07) is 5.39. The molecule has 106 valence electrons. The van der Waals surface area contributed by atoms with Crippen LogP contribution >= 0.6 is 11.6 Å². The zero-order valence-electron chi connectivity index (χ0n) is 11.7. The van der Waals surface area contributed by atoms with Gasteiger partial charge in [0.1, 0.15) is 0 Å². The maximum Gasteiger partial charge on any atom is 0.242 e. The van der Waals surface area contributed by atoms with Crippen molar-refractivity contribution in [2.45, 2.75) is 20.5 Å². The molecule has 0 aliphatic carbocycles. The van der Waals surface area contributed by atoms with Crippen molar-refractivity contribution >= 4 is 23.2 Å². The van der Waals surface area contributed by atoms with Crippen molar-refractivity contribution in [2.24, 2.45) is 0 Å². The number of aliphatic hydroxyl groups excluding tert-OH is 1. The van der Waals surface area contributed by atoms with E-state index in [9.17, 15) is 4.79 Å². The number of nitrogens with zero attached hydrogens (tertiary/aromatic N) is 2. The minimum absolute atomic E-state index is 0.0821. The lowest BCUT2D eigenvalue weighted by Crippen LogP contribution is -2.38. The second kappa shape index (κ2) is 7.36. The third-order valence-electron chi connectivity index (χ3n) is 3.14. The van der Waals surface area contributed by atoms with Gasteiger partial charge in [-0.25, -0.2) is 0 Å². The monoisotopic (exact) mass is 284 g/mol. The smallest absolute Gasteiger partial charge is 0.242 e. The lowest BCUT2D eigenvalue weighted by atomic mass is 10.2. The molecule has 0 fully saturated rings. The Morgan fingerprint density at radius 2 is 1.95 bits per heavy atom. The van der Waals surface area contributed by atoms with Crippen molar-refractivity contribution in [3.8, 4) is 0 Å². The molecule has 0 unspecified atom stereocenters. The Kier molecular flexibility index (Phi) is 6.12. The molecule has 0 radical (unpaired) electrons. The van der Waals surface area contributed by atoms with E-state index in [4.69, 9.17) is 16.7 Å². The maximum absolute atomic E-state index is 12.0. The van der Waals surface area contributed by atoms with Gasteiger partial charge in [-0.15, -0.1) is 0 Å². The highest BCUT2D eigenvalue weighted by Gasteiger charge is 2.13. The summed E-state index contributed by atoms with van der Waals surface area (Å²) < 4.78 is 0. The number of halogens is 1. The highest BCUT2D eigenvalue weighted by molar-refractivity contribution is 6.31. The molecule has 0 saturated heterocycles. The molecule has 1 N–H and O–H groups in total. The molecule has 4 nitrogen and oxygen atoms in total. The molecule has 0 bridgehead atoms. The number of anilines is 1. The summed E-state index contributed by atoms with van der Waals surface area (Å²) in [6.45, 7) is 5.60. The van der Waals surface area contributed by atoms with Crippen molar-refractivity contribution in [3.05, 3.63) is 28.8 Å². The van der Waals surface area contributed by atoms with E-state index in [1.54, 1.807) is 17.0 Å². The summed E-state index contributed by atoms with van der Waals surface area (Å²) in [7, 11) is 1.85. The van der Waals surface area contributed by atoms with Crippen molar-refractivity contribution in [3.63, 3.8) is 0 Å². The number of rotatable bonds is 6. The van der Waals surface area contributed by atoms with Gasteiger partial charge in [0, 0.05) is 30.8 Å². The molecule has 1 amide bonds. The van der Waals surface area contributed by atoms with Gasteiger partial charge >= 0.3 is 0 Å². The molecule has 1 rings (SSSR count). The van der Waals surface area contributed by atoms with E-state index >= 15 is 0 Å². The molecule has 1 aromatic carbocycles. The molecule has 5 heteroatoms. The molecule has 0 aliphatic rings. The second-order valence-electron chi connectivity index (χ2n) is 4.36. The van der Waals surface area contributed by atoms with Gasteiger partial charge in [-0.2, -0.15) is 0 Å². The minimum atomic E-state index is -0.0821. The first-order valence-corrected chi connectivity index (χ1v) is 6.79. The molecule has 0 aromatic heterocycles. The van der Waals surface area contributed by atoms with E-state index in [-0.39, 0.29) is 12.5 Å². The Morgan fingerprint density at radius 3 is 2.42 bits per heavy atom. The van der Waals surface area contributed by atoms with Crippen molar-refractivity contribution in [1.82, 2.24) is 4.90 Å². The predicted molar refractivity (Wildman–Crippen MR) is 78.6 cm³/mol. The summed E-state index contributed by atoms with van der Waals surface area (Å²) in [4.78, 5) is 15.7. The maximum atomic E-state index is 12.0. The zero-order chi connectivity index (χ0) is 14.4. The van der Waals surface area contributed by atoms with Gasteiger partial charge in [-0.3, -0.25) is 4.79 Å². The van der Waals surface area contributed by atoms with Crippen LogP contribution in [0.1, 0.15) is 19.4 Å². The van der Waals surface area contributed by atoms with Crippen LogP contribution in [0.2, 0.25) is 5.02 Å². The van der Waals surface area contributed by atoms with Gasteiger partial charge < -0.3 is 14.9 Å². The van der Waals surface area contributed by atoms with E-state index in [1.165, 1.54) is 0 Å². The van der Waals surface area contributed by atoms with Gasteiger partial charge in [0.05, 0.1) is 13.2 Å². The number of hydrogen-bond acceptors (Lipinski definition) is 3. The fourth-order valence-electron chi connectivity index (χ4n) is 1.87. The van der Waals surface area contributed by atoms with E-state index in [0.29, 0.717) is 30.2 Å². The SMILES string of the molecule is CCN(CC)C(=O)CN(C)c1ccc(CO)c(Cl)c1. The first-order chi connectivity index (χ1) is 9.03. The van der Waals surface area contributed by atoms with Crippen LogP contribution in [-0.4, -0.2) is 42.6 Å². The Bertz CT molecular complexity index is 433. The number of aliphatic hydroxyl groups is 1. The number of likely N-dealkylation sites (N-methyl/N-ethyl adjacent to an activating group) is 2. The predicted octanol–water partition coefficient (Wildman–Crippen LogP) is 2.14. The highest BCUT2D eigenvalue weighted by atomic mass is 35.5. The molecule has 0 aliphatic heterocycles. The van der Waals surface area contributed by atoms with E-state index in [0.717, 1.165) is 5.69 Å². The molecule has 19 heavy (non-hydrogen) atoms. The lowest BCUT2D eigenvalue weighted by molar-refractivity contribution is -0.129. The van der Waals surface area contributed by atoms with E-state index in [2.05, 4.69) is 0 Å². The first kappa shape index (κ1) is 15.8. The number of carbonyl (C=O) groups excluding carboxylic acids is 1. The molecule has 0 heterocycles. The molecule has 0 atom stereocenters. The molecule has 1 aromatic rings. The number of carbonyl (C=O) groups is 1. The third-order valence-corrected chi connectivity index (χ3v) is 3.49. The van der Waals surface area contributed by atoms with Crippen LogP contribution in [0.25, 0.3) is 0 Å². The summed E-state index contributed by atoms with van der Waals surface area (Å²) in [5.41, 5.74) is 1.55. The van der Waals surface area contributed by atoms with E-state index < -0.39 is 0 Å². The zero-order valence-corrected chi connectivity index (χ0v) is 12.4. The number of amides is 1. The quantitative estimate of drug-likeness (QED) is 0.870. The highest BCUT2D eigenvalue weighted by Crippen LogP contribution is 2.23. The summed E-state index contributed by atoms with van der Waals surface area (Å²) in [5, 5.41) is 9.59. The Labute approximate surface area is 119 Å². The first-order valence-electron chi connectivity index (χ1n) is 6.41. The van der Waals surface area contributed by atoms with Crippen LogP contribution in [0.15, 0.2) is 18.2 Å². The van der Waals surface area contributed by atoms with Crippen molar-refractivity contribution < 1.29 is 9.90 Å². The fraction of sp³-hybridized carbons (Fsp3) is 0.500. The largest absolute Gasteiger partial charge is 0.392 e. The van der Waals surface area contributed by atoms with Crippen LogP contribution in [-0.2, 0) is 11.4 Å². The van der Waals surface area contributed by atoms with Gasteiger partial charge in [0.2, 0.25) is 5.91 Å². The summed E-state index contributed by atoms with van der Waals surface area (Å²) >= 11 is 6.05. The van der Waals surface area contributed by atoms with Crippen molar-refractivity contribution in [2.75, 3.05) is 31.6 Å². The van der Waals surface area contributed by atoms with Crippen LogP contribution in [0, 0.1) is 0 Å². The van der Waals surface area contributed by atoms with Crippen LogP contribution in [0.5, 0.6) is 0 Å². The minimum Gasteiger partial charge on any atom is -0.392 e. The fourth-order valence-corrected chi connectivity index (χ4v) is 2.11. The van der Waals surface area contributed by atoms with Gasteiger partial charge in [-0.1, -0.05) is 17.7 Å². The topological polar surface area (TPSA) is 43.8 Å². The summed E-state index contributed by atoms with van der Waals surface area (Å²) in [5.74, 6) is 0.0925. The van der Waals surface area contributed by atoms with E-state index in [1.807, 2.05) is 31.9 Å². The Hall–Kier alpha value is -1.26. The summed E-state index contributed by atoms with van der Waals surface area (Å²) in [6.07, 6.45) is 0. The molecular formula is C14H21ClN2O2. The Balaban J connectivity index is 2.75. The lowest BCUT2D eigenvalue weighted by Gasteiger charge is -2.24. The van der Waals surface area contributed by atoms with Gasteiger partial charge in [0.15, 0.2) is 0 Å². The second-order valence-corrected chi connectivity index (χ2v) is 4.76. The van der Waals surface area contributed by atoms with Crippen LogP contribution in [0.4, 0.5) is 5.69 Å². The molecular weight excluding hydrogens is 264 g/mol.